The number of ether oxygens (including phenoxy) is 3. The second-order valence-corrected chi connectivity index (χ2v) is 3.45. The van der Waals surface area contributed by atoms with Gasteiger partial charge in [-0.3, -0.25) is 0 Å². The van der Waals surface area contributed by atoms with Gasteiger partial charge in [0.15, 0.2) is 0 Å². The molecule has 0 aromatic rings. The molecule has 2 N–H and O–H groups in total. The fraction of sp³-hybridized carbons (Fsp3) is 1.00. The van der Waals surface area contributed by atoms with Crippen LogP contribution in [0.3, 0.4) is 0 Å². The Bertz CT molecular complexity index is 112. The Morgan fingerprint density at radius 1 is 0.688 bits per heavy atom. The summed E-state index contributed by atoms with van der Waals surface area (Å²) in [6.07, 6.45) is 1.13. The van der Waals surface area contributed by atoms with Crippen molar-refractivity contribution in [3.8, 4) is 0 Å². The van der Waals surface area contributed by atoms with Crippen molar-refractivity contribution in [3.63, 3.8) is 0 Å². The van der Waals surface area contributed by atoms with Gasteiger partial charge in [-0.05, 0) is 19.5 Å². The molecule has 0 amide bonds. The molecule has 0 spiro atoms. The second-order valence-electron chi connectivity index (χ2n) is 3.45. The molecule has 0 rings (SSSR count). The van der Waals surface area contributed by atoms with Crippen LogP contribution in [-0.2, 0) is 14.2 Å². The topological polar surface area (TPSA) is 51.8 Å². The van der Waals surface area contributed by atoms with E-state index in [9.17, 15) is 0 Å². The largest absolute Gasteiger partial charge is 0.383 e. The van der Waals surface area contributed by atoms with E-state index in [1.165, 1.54) is 0 Å². The zero-order valence-corrected chi connectivity index (χ0v) is 10.6. The van der Waals surface area contributed by atoms with Crippen molar-refractivity contribution in [1.82, 2.24) is 10.6 Å². The van der Waals surface area contributed by atoms with Gasteiger partial charge >= 0.3 is 0 Å². The molecule has 0 aliphatic carbocycles. The molecule has 0 aliphatic rings. The van der Waals surface area contributed by atoms with E-state index in [0.29, 0.717) is 13.2 Å². The van der Waals surface area contributed by atoms with E-state index in [2.05, 4.69) is 10.6 Å². The minimum Gasteiger partial charge on any atom is -0.383 e. The van der Waals surface area contributed by atoms with Crippen LogP contribution in [0, 0.1) is 0 Å². The third-order valence-electron chi connectivity index (χ3n) is 2.05. The first kappa shape index (κ1) is 15.8. The summed E-state index contributed by atoms with van der Waals surface area (Å²) in [5.74, 6) is 0. The van der Waals surface area contributed by atoms with Crippen LogP contribution in [0.25, 0.3) is 0 Å². The lowest BCUT2D eigenvalue weighted by atomic mass is 10.4. The van der Waals surface area contributed by atoms with Crippen LogP contribution in [0.5, 0.6) is 0 Å². The SMILES string of the molecule is COCCNCCCNCCOCCOC. The molecule has 0 aromatic carbocycles. The molecule has 98 valence electrons. The lowest BCUT2D eigenvalue weighted by molar-refractivity contribution is 0.0720. The minimum atomic E-state index is 0.670. The smallest absolute Gasteiger partial charge is 0.0700 e. The highest BCUT2D eigenvalue weighted by molar-refractivity contribution is 4.51. The molecule has 0 atom stereocenters. The van der Waals surface area contributed by atoms with E-state index in [1.807, 2.05) is 0 Å². The Balaban J connectivity index is 2.83. The highest BCUT2D eigenvalue weighted by Crippen LogP contribution is 1.77. The van der Waals surface area contributed by atoms with Crippen LogP contribution in [0.4, 0.5) is 0 Å². The summed E-state index contributed by atoms with van der Waals surface area (Å²) in [6, 6.07) is 0. The third-order valence-corrected chi connectivity index (χ3v) is 2.05. The van der Waals surface area contributed by atoms with Crippen molar-refractivity contribution in [2.24, 2.45) is 0 Å². The summed E-state index contributed by atoms with van der Waals surface area (Å²) in [7, 11) is 3.39. The summed E-state index contributed by atoms with van der Waals surface area (Å²) >= 11 is 0. The highest BCUT2D eigenvalue weighted by atomic mass is 16.5. The monoisotopic (exact) mass is 234 g/mol. The molecule has 0 saturated heterocycles. The predicted molar refractivity (Wildman–Crippen MR) is 64.9 cm³/mol. The fourth-order valence-electron chi connectivity index (χ4n) is 1.15. The van der Waals surface area contributed by atoms with Crippen molar-refractivity contribution >= 4 is 0 Å². The zero-order chi connectivity index (χ0) is 11.9. The number of hydrogen-bond donors (Lipinski definition) is 2. The van der Waals surface area contributed by atoms with Crippen LogP contribution >= 0.6 is 0 Å². The van der Waals surface area contributed by atoms with Gasteiger partial charge in [-0.1, -0.05) is 0 Å². The van der Waals surface area contributed by atoms with E-state index >= 15 is 0 Å². The quantitative estimate of drug-likeness (QED) is 0.435. The summed E-state index contributed by atoms with van der Waals surface area (Å²) in [5.41, 5.74) is 0. The Kier molecular flexibility index (Phi) is 14.6. The zero-order valence-electron chi connectivity index (χ0n) is 10.6. The van der Waals surface area contributed by atoms with Crippen molar-refractivity contribution < 1.29 is 14.2 Å². The molecule has 0 heterocycles. The molecule has 0 unspecified atom stereocenters. The van der Waals surface area contributed by atoms with Crippen molar-refractivity contribution in [2.75, 3.05) is 66.8 Å². The first-order valence-corrected chi connectivity index (χ1v) is 5.89. The summed E-state index contributed by atoms with van der Waals surface area (Å²) in [6.45, 7) is 6.76. The van der Waals surface area contributed by atoms with Crippen molar-refractivity contribution in [2.45, 2.75) is 6.42 Å². The standard InChI is InChI=1S/C11H26N2O3/c1-14-8-6-12-4-3-5-13-7-9-16-11-10-15-2/h12-13H,3-11H2,1-2H3. The van der Waals surface area contributed by atoms with Crippen LogP contribution in [0.2, 0.25) is 0 Å². The lowest BCUT2D eigenvalue weighted by Gasteiger charge is -2.06. The number of rotatable bonds is 13. The number of hydrogen-bond acceptors (Lipinski definition) is 5. The Morgan fingerprint density at radius 3 is 1.94 bits per heavy atom. The summed E-state index contributed by atoms with van der Waals surface area (Å²) in [4.78, 5) is 0. The predicted octanol–water partition coefficient (Wildman–Crippen LogP) is -0.135. The molecular weight excluding hydrogens is 208 g/mol. The number of nitrogens with one attached hydrogen (secondary N) is 2. The van der Waals surface area contributed by atoms with Crippen LogP contribution < -0.4 is 10.6 Å². The minimum absolute atomic E-state index is 0.670. The molecular formula is C11H26N2O3. The van der Waals surface area contributed by atoms with Gasteiger partial charge in [0.2, 0.25) is 0 Å². The molecule has 0 aromatic heterocycles. The fourth-order valence-corrected chi connectivity index (χ4v) is 1.15. The molecule has 0 radical (unpaired) electrons. The first-order chi connectivity index (χ1) is 7.91. The maximum Gasteiger partial charge on any atom is 0.0700 e. The lowest BCUT2D eigenvalue weighted by Crippen LogP contribution is -2.26. The van der Waals surface area contributed by atoms with Gasteiger partial charge in [0, 0.05) is 27.3 Å². The Morgan fingerprint density at radius 2 is 1.31 bits per heavy atom. The van der Waals surface area contributed by atoms with Gasteiger partial charge < -0.3 is 24.8 Å². The van der Waals surface area contributed by atoms with E-state index in [0.717, 1.165) is 45.8 Å². The van der Waals surface area contributed by atoms with Gasteiger partial charge in [-0.2, -0.15) is 0 Å². The van der Waals surface area contributed by atoms with Crippen molar-refractivity contribution in [3.05, 3.63) is 0 Å². The molecule has 5 heteroatoms. The van der Waals surface area contributed by atoms with Crippen LogP contribution in [0.1, 0.15) is 6.42 Å². The molecule has 0 fully saturated rings. The summed E-state index contributed by atoms with van der Waals surface area (Å²) < 4.78 is 15.1. The molecule has 0 bridgehead atoms. The maximum absolute atomic E-state index is 5.31. The van der Waals surface area contributed by atoms with E-state index < -0.39 is 0 Å². The third kappa shape index (κ3) is 13.8. The normalized spacial score (nSPS) is 10.9. The van der Waals surface area contributed by atoms with Crippen LogP contribution in [0.15, 0.2) is 0 Å². The average molecular weight is 234 g/mol. The maximum atomic E-state index is 5.31. The van der Waals surface area contributed by atoms with Crippen molar-refractivity contribution in [1.29, 1.82) is 0 Å². The molecule has 16 heavy (non-hydrogen) atoms. The van der Waals surface area contributed by atoms with Gasteiger partial charge in [0.05, 0.1) is 26.4 Å². The van der Waals surface area contributed by atoms with E-state index in [1.54, 1.807) is 14.2 Å². The average Bonchev–Trinajstić information content (AvgIpc) is 2.31. The Labute approximate surface area is 98.8 Å². The molecule has 0 aliphatic heterocycles. The number of methoxy groups -OCH3 is 2. The Hall–Kier alpha value is -0.200. The van der Waals surface area contributed by atoms with Gasteiger partial charge in [-0.25, -0.2) is 0 Å². The molecule has 5 nitrogen and oxygen atoms in total. The van der Waals surface area contributed by atoms with E-state index in [4.69, 9.17) is 14.2 Å². The second kappa shape index (κ2) is 14.8. The van der Waals surface area contributed by atoms with Crippen LogP contribution in [-0.4, -0.2) is 66.8 Å². The first-order valence-electron chi connectivity index (χ1n) is 5.89. The van der Waals surface area contributed by atoms with E-state index in [-0.39, 0.29) is 0 Å². The van der Waals surface area contributed by atoms with Gasteiger partial charge in [0.25, 0.3) is 0 Å². The highest BCUT2D eigenvalue weighted by Gasteiger charge is 1.90. The summed E-state index contributed by atoms with van der Waals surface area (Å²) in [5, 5.41) is 6.61. The van der Waals surface area contributed by atoms with Gasteiger partial charge in [0.1, 0.15) is 0 Å². The van der Waals surface area contributed by atoms with Gasteiger partial charge in [-0.15, -0.1) is 0 Å². The molecule has 0 saturated carbocycles.